The van der Waals surface area contributed by atoms with E-state index in [0.717, 1.165) is 14.8 Å². The molecule has 0 aliphatic heterocycles. The lowest BCUT2D eigenvalue weighted by Crippen LogP contribution is -2.12. The van der Waals surface area contributed by atoms with Crippen LogP contribution in [0.2, 0.25) is 0 Å². The van der Waals surface area contributed by atoms with Crippen molar-refractivity contribution in [2.45, 2.75) is 0 Å². The Morgan fingerprint density at radius 2 is 1.67 bits per heavy atom. The largest absolute Gasteiger partial charge is 0.511 e. The lowest BCUT2D eigenvalue weighted by molar-refractivity contribution is 0.636. The van der Waals surface area contributed by atoms with Gasteiger partial charge in [-0.25, -0.2) is 4.39 Å². The highest BCUT2D eigenvalue weighted by molar-refractivity contribution is 9.23. The molecule has 0 atom stereocenters. The fourth-order valence-corrected chi connectivity index (χ4v) is 3.27. The van der Waals surface area contributed by atoms with Crippen LogP contribution >= 0.6 is 12.9 Å². The molecule has 2 aromatic rings. The van der Waals surface area contributed by atoms with Gasteiger partial charge in [0.25, 0.3) is 0 Å². The van der Waals surface area contributed by atoms with Crippen molar-refractivity contribution < 1.29 is 4.39 Å². The first-order valence-electron chi connectivity index (χ1n) is 4.71. The van der Waals surface area contributed by atoms with Crippen LogP contribution in [0.3, 0.4) is 0 Å². The Bertz CT molecular complexity index is 456. The Balaban J connectivity index is 2.43. The van der Waals surface area contributed by atoms with E-state index in [4.69, 9.17) is 0 Å². The van der Waals surface area contributed by atoms with Gasteiger partial charge in [-0.15, -0.1) is 3.69 Å². The van der Waals surface area contributed by atoms with Gasteiger partial charge in [-0.1, -0.05) is 42.5 Å². The minimum Gasteiger partial charge on any atom is -0.296 e. The van der Waals surface area contributed by atoms with E-state index in [1.807, 2.05) is 42.5 Å². The zero-order valence-electron chi connectivity index (χ0n) is 8.08. The van der Waals surface area contributed by atoms with Gasteiger partial charge in [0.15, 0.2) is 0 Å². The molecule has 0 spiro atoms. The maximum absolute atomic E-state index is 13.5. The van der Waals surface area contributed by atoms with Crippen LogP contribution in [0, 0.1) is 5.82 Å². The molecular formula is C12H8BrFMg. The second-order valence-electron chi connectivity index (χ2n) is 3.31. The Kier molecular flexibility index (Phi) is 3.78. The van der Waals surface area contributed by atoms with Gasteiger partial charge in [0, 0.05) is 0 Å². The monoisotopic (exact) mass is 274 g/mol. The standard InChI is InChI=1S/C12H8F.BrH.Mg/c13-12-8-4-7-11(9-12)10-5-2-1-3-6-10;;/h1-7,9H;1H;/q;;+1/p-1. The molecule has 3 heteroatoms. The highest BCUT2D eigenvalue weighted by Crippen LogP contribution is 2.18. The van der Waals surface area contributed by atoms with Crippen LogP contribution in [0.15, 0.2) is 48.5 Å². The molecule has 0 nitrogen and oxygen atoms in total. The molecule has 0 aromatic heterocycles. The number of rotatable bonds is 2. The molecule has 0 saturated heterocycles. The summed E-state index contributed by atoms with van der Waals surface area (Å²) in [6, 6.07) is 15.3. The Labute approximate surface area is 104 Å². The van der Waals surface area contributed by atoms with Crippen LogP contribution in [0.1, 0.15) is 0 Å². The van der Waals surface area contributed by atoms with E-state index < -0.39 is 18.2 Å². The summed E-state index contributed by atoms with van der Waals surface area (Å²) >= 11 is 2.79. The van der Waals surface area contributed by atoms with Crippen molar-refractivity contribution in [3.8, 4) is 11.1 Å². The molecular weight excluding hydrogens is 267 g/mol. The Hall–Kier alpha value is -0.384. The van der Waals surface area contributed by atoms with Gasteiger partial charge in [0.05, 0.1) is 5.82 Å². The summed E-state index contributed by atoms with van der Waals surface area (Å²) in [4.78, 5) is 0. The number of halogens is 2. The van der Waals surface area contributed by atoms with Gasteiger partial charge in [-0.3, -0.25) is 12.9 Å². The van der Waals surface area contributed by atoms with E-state index in [0.29, 0.717) is 0 Å². The van der Waals surface area contributed by atoms with Gasteiger partial charge >= 0.3 is 18.2 Å². The smallest absolute Gasteiger partial charge is 0.296 e. The summed E-state index contributed by atoms with van der Waals surface area (Å²) in [5.74, 6) is -0.0973. The first kappa shape index (κ1) is 11.1. The molecule has 0 saturated carbocycles. The van der Waals surface area contributed by atoms with Gasteiger partial charge < -0.3 is 0 Å². The number of hydrogen-bond donors (Lipinski definition) is 0. The Morgan fingerprint density at radius 1 is 0.933 bits per heavy atom. The zero-order valence-corrected chi connectivity index (χ0v) is 11.1. The van der Waals surface area contributed by atoms with Crippen molar-refractivity contribution in [3.63, 3.8) is 0 Å². The summed E-state index contributed by atoms with van der Waals surface area (Å²) in [5.41, 5.74) is 1.99. The van der Waals surface area contributed by atoms with Crippen molar-refractivity contribution in [1.82, 2.24) is 0 Å². The molecule has 0 aliphatic carbocycles. The molecule has 0 N–H and O–H groups in total. The molecule has 0 aliphatic rings. The third-order valence-corrected chi connectivity index (χ3v) is 4.98. The van der Waals surface area contributed by atoms with Crippen molar-refractivity contribution in [2.24, 2.45) is 0 Å². The van der Waals surface area contributed by atoms with Crippen molar-refractivity contribution in [3.05, 3.63) is 54.3 Å². The quantitative estimate of drug-likeness (QED) is 0.739. The fourth-order valence-electron chi connectivity index (χ4n) is 1.47. The summed E-state index contributed by atoms with van der Waals surface area (Å²) in [6.45, 7) is 0. The fraction of sp³-hybridized carbons (Fsp3) is 0. The van der Waals surface area contributed by atoms with E-state index in [9.17, 15) is 4.39 Å². The summed E-state index contributed by atoms with van der Waals surface area (Å²) in [7, 11) is 0. The molecule has 0 fully saturated rings. The second kappa shape index (κ2) is 5.10. The van der Waals surface area contributed by atoms with Gasteiger partial charge in [-0.2, -0.15) is 0 Å². The molecule has 15 heavy (non-hydrogen) atoms. The van der Waals surface area contributed by atoms with Crippen LogP contribution in [0.4, 0.5) is 4.39 Å². The number of hydrogen-bond acceptors (Lipinski definition) is 0. The van der Waals surface area contributed by atoms with E-state index in [2.05, 4.69) is 12.9 Å². The highest BCUT2D eigenvalue weighted by Gasteiger charge is 2.05. The predicted molar refractivity (Wildman–Crippen MR) is 66.2 cm³/mol. The number of benzene rings is 2. The first-order valence-corrected chi connectivity index (χ1v) is 9.31. The third-order valence-electron chi connectivity index (χ3n) is 2.30. The summed E-state index contributed by atoms with van der Waals surface area (Å²) < 4.78 is 14.4. The maximum Gasteiger partial charge on any atom is 0.511 e. The average Bonchev–Trinajstić information content (AvgIpc) is 2.30. The molecule has 0 unspecified atom stereocenters. The van der Waals surface area contributed by atoms with Crippen LogP contribution in [0.5, 0.6) is 0 Å². The topological polar surface area (TPSA) is 0 Å². The summed E-state index contributed by atoms with van der Waals surface area (Å²) in [6.07, 6.45) is 0. The lowest BCUT2D eigenvalue weighted by Gasteiger charge is -2.04. The molecule has 2 rings (SSSR count). The van der Waals surface area contributed by atoms with Gasteiger partial charge in [-0.05, 0) is 17.2 Å². The SMILES string of the molecule is Fc1cc(-c2ccccc2)cc[c]1[Mg][Br]. The third kappa shape index (κ3) is 2.59. The predicted octanol–water partition coefficient (Wildman–Crippen LogP) is 3.13. The lowest BCUT2D eigenvalue weighted by atomic mass is 10.1. The summed E-state index contributed by atoms with van der Waals surface area (Å²) in [5, 5.41) is 0. The normalized spacial score (nSPS) is 9.73. The van der Waals surface area contributed by atoms with Crippen LogP contribution < -0.4 is 3.69 Å². The maximum atomic E-state index is 13.5. The van der Waals surface area contributed by atoms with Crippen LogP contribution in [-0.2, 0) is 0 Å². The van der Waals surface area contributed by atoms with Gasteiger partial charge in [0.1, 0.15) is 0 Å². The van der Waals surface area contributed by atoms with Crippen molar-refractivity contribution >= 4 is 34.8 Å². The minimum atomic E-state index is -0.596. The molecule has 0 heterocycles. The van der Waals surface area contributed by atoms with Crippen LogP contribution in [-0.4, -0.2) is 18.2 Å². The highest BCUT2D eigenvalue weighted by atomic mass is 79.9. The van der Waals surface area contributed by atoms with E-state index >= 15 is 0 Å². The minimum absolute atomic E-state index is 0.0973. The average molecular weight is 275 g/mol. The van der Waals surface area contributed by atoms with E-state index in [1.54, 1.807) is 6.07 Å². The molecule has 0 amide bonds. The van der Waals surface area contributed by atoms with Crippen molar-refractivity contribution in [1.29, 1.82) is 0 Å². The van der Waals surface area contributed by atoms with Crippen molar-refractivity contribution in [2.75, 3.05) is 0 Å². The second-order valence-corrected chi connectivity index (χ2v) is 6.02. The first-order chi connectivity index (χ1) is 7.31. The molecule has 2 aromatic carbocycles. The molecule has 72 valence electrons. The van der Waals surface area contributed by atoms with E-state index in [1.165, 1.54) is 0 Å². The van der Waals surface area contributed by atoms with Crippen LogP contribution in [0.25, 0.3) is 11.1 Å². The van der Waals surface area contributed by atoms with E-state index in [-0.39, 0.29) is 5.82 Å². The zero-order chi connectivity index (χ0) is 10.7. The molecule has 0 bridgehead atoms. The Morgan fingerprint density at radius 3 is 2.27 bits per heavy atom. The molecule has 0 radical (unpaired) electrons. The van der Waals surface area contributed by atoms with Gasteiger partial charge in [0.2, 0.25) is 0 Å².